The summed E-state index contributed by atoms with van der Waals surface area (Å²) in [7, 11) is 1.04. The molecule has 0 heterocycles. The second kappa shape index (κ2) is 3.33. The van der Waals surface area contributed by atoms with Crippen molar-refractivity contribution in [3.8, 4) is 5.75 Å². The van der Waals surface area contributed by atoms with E-state index in [4.69, 9.17) is 17.3 Å². The third-order valence-electron chi connectivity index (χ3n) is 1.46. The Morgan fingerprint density at radius 2 is 1.69 bits per heavy atom. The molecule has 0 amide bonds. The zero-order valence-corrected chi connectivity index (χ0v) is 7.25. The van der Waals surface area contributed by atoms with Crippen molar-refractivity contribution in [3.05, 3.63) is 22.5 Å². The van der Waals surface area contributed by atoms with Gasteiger partial charge in [-0.25, -0.2) is 8.78 Å². The van der Waals surface area contributed by atoms with E-state index < -0.39 is 33.9 Å². The molecule has 0 saturated carbocycles. The van der Waals surface area contributed by atoms with Crippen molar-refractivity contribution >= 4 is 17.3 Å². The van der Waals surface area contributed by atoms with Gasteiger partial charge in [-0.3, -0.25) is 0 Å². The summed E-state index contributed by atoms with van der Waals surface area (Å²) in [6.45, 7) is 0. The van der Waals surface area contributed by atoms with Crippen LogP contribution in [0.3, 0.4) is 0 Å². The number of hydrogen-bond acceptors (Lipinski definition) is 2. The standard InChI is InChI=1S/C7H5ClF3NO/c1-13-7-5(11)3(9)2(8)4(10)6(7)12/h12H2,1H3. The second-order valence-corrected chi connectivity index (χ2v) is 2.58. The Bertz CT molecular complexity index is 327. The van der Waals surface area contributed by atoms with Crippen molar-refractivity contribution < 1.29 is 17.9 Å². The molecule has 0 fully saturated rings. The van der Waals surface area contributed by atoms with Crippen molar-refractivity contribution in [1.29, 1.82) is 0 Å². The molecule has 72 valence electrons. The molecule has 0 atom stereocenters. The molecule has 6 heteroatoms. The van der Waals surface area contributed by atoms with Crippen LogP contribution >= 0.6 is 11.6 Å². The molecule has 0 spiro atoms. The van der Waals surface area contributed by atoms with Crippen LogP contribution in [0.15, 0.2) is 0 Å². The number of nitrogens with two attached hydrogens (primary N) is 1. The summed E-state index contributed by atoms with van der Waals surface area (Å²) in [6.07, 6.45) is 0. The Labute approximate surface area is 77.0 Å². The van der Waals surface area contributed by atoms with Crippen LogP contribution in [-0.4, -0.2) is 7.11 Å². The van der Waals surface area contributed by atoms with Crippen molar-refractivity contribution in [2.45, 2.75) is 0 Å². The molecule has 0 aliphatic rings. The van der Waals surface area contributed by atoms with Gasteiger partial charge in [-0.2, -0.15) is 4.39 Å². The maximum atomic E-state index is 12.9. The Hall–Kier alpha value is -1.10. The van der Waals surface area contributed by atoms with Gasteiger partial charge in [0.15, 0.2) is 17.4 Å². The van der Waals surface area contributed by atoms with E-state index in [1.807, 2.05) is 0 Å². The van der Waals surface area contributed by atoms with E-state index in [2.05, 4.69) is 4.74 Å². The number of benzene rings is 1. The third-order valence-corrected chi connectivity index (χ3v) is 1.79. The highest BCUT2D eigenvalue weighted by Gasteiger charge is 2.22. The van der Waals surface area contributed by atoms with Crippen molar-refractivity contribution in [2.75, 3.05) is 12.8 Å². The lowest BCUT2D eigenvalue weighted by Crippen LogP contribution is -2.02. The smallest absolute Gasteiger partial charge is 0.204 e. The number of nitrogen functional groups attached to an aromatic ring is 1. The first kappa shape index (κ1) is 9.98. The van der Waals surface area contributed by atoms with Gasteiger partial charge in [0.2, 0.25) is 5.82 Å². The second-order valence-electron chi connectivity index (χ2n) is 2.20. The van der Waals surface area contributed by atoms with Crippen LogP contribution in [0.4, 0.5) is 18.9 Å². The van der Waals surface area contributed by atoms with E-state index in [9.17, 15) is 13.2 Å². The highest BCUT2D eigenvalue weighted by atomic mass is 35.5. The molecule has 1 rings (SSSR count). The van der Waals surface area contributed by atoms with Crippen LogP contribution in [0.25, 0.3) is 0 Å². The average Bonchev–Trinajstić information content (AvgIpc) is 2.13. The SMILES string of the molecule is COc1c(N)c(F)c(Cl)c(F)c1F. The summed E-state index contributed by atoms with van der Waals surface area (Å²) in [5, 5.41) is -0.976. The normalized spacial score (nSPS) is 10.2. The van der Waals surface area contributed by atoms with E-state index in [1.54, 1.807) is 0 Å². The number of halogens is 4. The highest BCUT2D eigenvalue weighted by molar-refractivity contribution is 6.31. The van der Waals surface area contributed by atoms with Gasteiger partial charge in [-0.1, -0.05) is 11.6 Å². The lowest BCUT2D eigenvalue weighted by molar-refractivity contribution is 0.369. The molecular formula is C7H5ClF3NO. The molecule has 0 aromatic heterocycles. The van der Waals surface area contributed by atoms with Gasteiger partial charge in [-0.05, 0) is 0 Å². The summed E-state index contributed by atoms with van der Waals surface area (Å²) in [5.41, 5.74) is 4.43. The molecule has 13 heavy (non-hydrogen) atoms. The molecular weight excluding hydrogens is 207 g/mol. The molecule has 1 aromatic rings. The summed E-state index contributed by atoms with van der Waals surface area (Å²) in [6, 6.07) is 0. The van der Waals surface area contributed by atoms with Crippen LogP contribution in [0.1, 0.15) is 0 Å². The van der Waals surface area contributed by atoms with Gasteiger partial charge >= 0.3 is 0 Å². The number of hydrogen-bond donors (Lipinski definition) is 1. The lowest BCUT2D eigenvalue weighted by Gasteiger charge is -2.08. The predicted molar refractivity (Wildman–Crippen MR) is 42.3 cm³/mol. The van der Waals surface area contributed by atoms with E-state index in [0.29, 0.717) is 0 Å². The number of rotatable bonds is 1. The molecule has 0 bridgehead atoms. The van der Waals surface area contributed by atoms with Gasteiger partial charge in [0.05, 0.1) is 7.11 Å². The summed E-state index contributed by atoms with van der Waals surface area (Å²) >= 11 is 5.09. The molecule has 2 N–H and O–H groups in total. The monoisotopic (exact) mass is 211 g/mol. The number of ether oxygens (including phenoxy) is 1. The molecule has 0 saturated heterocycles. The fraction of sp³-hybridized carbons (Fsp3) is 0.143. The summed E-state index contributed by atoms with van der Waals surface area (Å²) in [5.74, 6) is -4.81. The van der Waals surface area contributed by atoms with Crippen LogP contribution in [0.2, 0.25) is 5.02 Å². The molecule has 0 unspecified atom stereocenters. The number of anilines is 1. The highest BCUT2D eigenvalue weighted by Crippen LogP contribution is 2.35. The van der Waals surface area contributed by atoms with Crippen molar-refractivity contribution in [3.63, 3.8) is 0 Å². The lowest BCUT2D eigenvalue weighted by atomic mass is 10.2. The third kappa shape index (κ3) is 1.39. The Morgan fingerprint density at radius 1 is 1.15 bits per heavy atom. The topological polar surface area (TPSA) is 35.2 Å². The molecule has 0 aliphatic carbocycles. The van der Waals surface area contributed by atoms with E-state index >= 15 is 0 Å². The Balaban J connectivity index is 3.56. The largest absolute Gasteiger partial charge is 0.491 e. The Morgan fingerprint density at radius 3 is 2.15 bits per heavy atom. The molecule has 0 radical (unpaired) electrons. The first-order valence-electron chi connectivity index (χ1n) is 3.16. The maximum Gasteiger partial charge on any atom is 0.204 e. The van der Waals surface area contributed by atoms with Gasteiger partial charge < -0.3 is 10.5 Å². The van der Waals surface area contributed by atoms with Crippen LogP contribution in [0.5, 0.6) is 5.75 Å². The van der Waals surface area contributed by atoms with Gasteiger partial charge in [0, 0.05) is 0 Å². The summed E-state index contributed by atoms with van der Waals surface area (Å²) in [4.78, 5) is 0. The molecule has 1 aromatic carbocycles. The van der Waals surface area contributed by atoms with E-state index in [-0.39, 0.29) is 0 Å². The Kier molecular flexibility index (Phi) is 2.56. The van der Waals surface area contributed by atoms with Crippen LogP contribution in [-0.2, 0) is 0 Å². The minimum atomic E-state index is -1.51. The minimum Gasteiger partial charge on any atom is -0.491 e. The first-order valence-corrected chi connectivity index (χ1v) is 3.53. The molecule has 2 nitrogen and oxygen atoms in total. The quantitative estimate of drug-likeness (QED) is 0.440. The van der Waals surface area contributed by atoms with Gasteiger partial charge in [-0.15, -0.1) is 0 Å². The van der Waals surface area contributed by atoms with Crippen LogP contribution < -0.4 is 10.5 Å². The van der Waals surface area contributed by atoms with Gasteiger partial charge in [0.25, 0.3) is 0 Å². The fourth-order valence-corrected chi connectivity index (χ4v) is 1.01. The fourth-order valence-electron chi connectivity index (χ4n) is 0.828. The van der Waals surface area contributed by atoms with E-state index in [0.717, 1.165) is 7.11 Å². The zero-order valence-electron chi connectivity index (χ0n) is 6.50. The number of methoxy groups -OCH3 is 1. The average molecular weight is 212 g/mol. The maximum absolute atomic E-state index is 12.9. The van der Waals surface area contributed by atoms with Crippen LogP contribution in [0, 0.1) is 17.5 Å². The van der Waals surface area contributed by atoms with Gasteiger partial charge in [0.1, 0.15) is 10.7 Å². The first-order chi connectivity index (χ1) is 6.00. The molecule has 0 aliphatic heterocycles. The minimum absolute atomic E-state index is 0.647. The summed E-state index contributed by atoms with van der Waals surface area (Å²) < 4.78 is 42.8. The van der Waals surface area contributed by atoms with Crippen molar-refractivity contribution in [2.24, 2.45) is 0 Å². The van der Waals surface area contributed by atoms with E-state index in [1.165, 1.54) is 0 Å². The van der Waals surface area contributed by atoms with Crippen molar-refractivity contribution in [1.82, 2.24) is 0 Å². The zero-order chi connectivity index (χ0) is 10.2. The predicted octanol–water partition coefficient (Wildman–Crippen LogP) is 2.35.